The third-order valence-corrected chi connectivity index (χ3v) is 2.07. The molecule has 0 aliphatic heterocycles. The van der Waals surface area contributed by atoms with E-state index >= 15 is 0 Å². The highest BCUT2D eigenvalue weighted by molar-refractivity contribution is 7.47. The quantitative estimate of drug-likeness (QED) is 0.708. The van der Waals surface area contributed by atoms with Crippen LogP contribution in [0.2, 0.25) is 0 Å². The highest BCUT2D eigenvalue weighted by Gasteiger charge is 1.93. The van der Waals surface area contributed by atoms with Crippen molar-refractivity contribution >= 4 is 18.1 Å². The zero-order chi connectivity index (χ0) is 9.10. The van der Waals surface area contributed by atoms with Gasteiger partial charge in [0.05, 0.1) is 5.69 Å². The Balaban J connectivity index is 2.38. The van der Waals surface area contributed by atoms with E-state index < -0.39 is 0 Å². The molecule has 0 amide bonds. The lowest BCUT2D eigenvalue weighted by molar-refractivity contribution is 1.08. The van der Waals surface area contributed by atoms with Crippen LogP contribution in [0.1, 0.15) is 0 Å². The molecule has 0 N–H and O–H groups in total. The normalized spacial score (nSPS) is 9.85. The molecule has 3 heteroatoms. The molecule has 2 nitrogen and oxygen atoms in total. The van der Waals surface area contributed by atoms with E-state index in [2.05, 4.69) is 16.8 Å². The molecule has 0 saturated heterocycles. The summed E-state index contributed by atoms with van der Waals surface area (Å²) in [5.74, 6) is 0. The minimum Gasteiger partial charge on any atom is -0.324 e. The molecule has 0 saturated carbocycles. The molecule has 0 unspecified atom stereocenters. The van der Waals surface area contributed by atoms with Gasteiger partial charge in [0.25, 0.3) is 0 Å². The summed E-state index contributed by atoms with van der Waals surface area (Å²) in [6, 6.07) is 11.8. The highest BCUT2D eigenvalue weighted by Crippen LogP contribution is 2.15. The van der Waals surface area contributed by atoms with Crippen molar-refractivity contribution in [3.63, 3.8) is 0 Å². The molecule has 0 fully saturated rings. The monoisotopic (exact) mass is 188 g/mol. The third kappa shape index (κ3) is 1.65. The van der Waals surface area contributed by atoms with Gasteiger partial charge in [-0.3, -0.25) is 0 Å². The molecule has 0 aliphatic carbocycles. The third-order valence-electron chi connectivity index (χ3n) is 1.86. The molecular weight excluding hydrogens is 180 g/mol. The van der Waals surface area contributed by atoms with Crippen molar-refractivity contribution in [2.24, 2.45) is 4.36 Å². The summed E-state index contributed by atoms with van der Waals surface area (Å²) in [6.07, 6.45) is 4.00. The summed E-state index contributed by atoms with van der Waals surface area (Å²) >= 11 is 4.58. The zero-order valence-corrected chi connectivity index (χ0v) is 7.74. The van der Waals surface area contributed by atoms with Crippen molar-refractivity contribution in [2.45, 2.75) is 0 Å². The van der Waals surface area contributed by atoms with E-state index in [1.165, 1.54) is 0 Å². The highest BCUT2D eigenvalue weighted by atomic mass is 32.1. The number of nitrogens with zero attached hydrogens (tertiary/aromatic N) is 2. The van der Waals surface area contributed by atoms with Crippen molar-refractivity contribution < 1.29 is 0 Å². The van der Waals surface area contributed by atoms with Crippen LogP contribution in [-0.2, 0) is 12.4 Å². The van der Waals surface area contributed by atoms with Crippen LogP contribution in [0.15, 0.2) is 53.2 Å². The Labute approximate surface area is 82.0 Å². The van der Waals surface area contributed by atoms with Gasteiger partial charge in [-0.1, -0.05) is 0 Å². The van der Waals surface area contributed by atoms with Gasteiger partial charge in [-0.15, -0.1) is 0 Å². The minimum atomic E-state index is 0.825. The summed E-state index contributed by atoms with van der Waals surface area (Å²) in [4.78, 5) is 0. The van der Waals surface area contributed by atoms with Gasteiger partial charge in [0.1, 0.15) is 0 Å². The van der Waals surface area contributed by atoms with E-state index in [-0.39, 0.29) is 0 Å². The first kappa shape index (κ1) is 8.13. The Hall–Kier alpha value is -1.48. The standard InChI is InChI=1S/C10H8N2S/c13-11-9-3-5-10(6-4-9)12-7-1-2-8-12/h1-8H. The predicted molar refractivity (Wildman–Crippen MR) is 55.2 cm³/mol. The lowest BCUT2D eigenvalue weighted by Crippen LogP contribution is -1.87. The maximum Gasteiger partial charge on any atom is 0.0770 e. The lowest BCUT2D eigenvalue weighted by Gasteiger charge is -2.01. The molecule has 2 aromatic rings. The first-order valence-electron chi connectivity index (χ1n) is 3.97. The fraction of sp³-hybridized carbons (Fsp3) is 0. The average molecular weight is 188 g/mol. The van der Waals surface area contributed by atoms with Gasteiger partial charge in [0, 0.05) is 30.5 Å². The van der Waals surface area contributed by atoms with E-state index in [9.17, 15) is 0 Å². The molecule has 1 aromatic heterocycles. The summed E-state index contributed by atoms with van der Waals surface area (Å²) in [7, 11) is 0. The van der Waals surface area contributed by atoms with Gasteiger partial charge < -0.3 is 4.57 Å². The molecule has 0 spiro atoms. The maximum atomic E-state index is 4.58. The number of benzene rings is 1. The Morgan fingerprint density at radius 3 is 2.15 bits per heavy atom. The molecule has 0 aliphatic rings. The molecule has 1 aromatic carbocycles. The first-order chi connectivity index (χ1) is 6.40. The molecule has 13 heavy (non-hydrogen) atoms. The molecular formula is C10H8N2S. The summed E-state index contributed by atoms with van der Waals surface area (Å²) in [6.45, 7) is 0. The van der Waals surface area contributed by atoms with Gasteiger partial charge >= 0.3 is 0 Å². The second kappa shape index (κ2) is 3.49. The van der Waals surface area contributed by atoms with Crippen LogP contribution in [-0.4, -0.2) is 4.57 Å². The topological polar surface area (TPSA) is 17.3 Å². The summed E-state index contributed by atoms with van der Waals surface area (Å²) in [5, 5.41) is 0. The average Bonchev–Trinajstić information content (AvgIpc) is 2.71. The molecule has 64 valence electrons. The van der Waals surface area contributed by atoms with Gasteiger partial charge in [-0.05, 0) is 36.4 Å². The smallest absolute Gasteiger partial charge is 0.0770 e. The Bertz CT molecular complexity index is 389. The van der Waals surface area contributed by atoms with E-state index in [1.807, 2.05) is 53.4 Å². The fourth-order valence-corrected chi connectivity index (χ4v) is 1.31. The second-order valence-electron chi connectivity index (χ2n) is 2.70. The zero-order valence-electron chi connectivity index (χ0n) is 6.92. The summed E-state index contributed by atoms with van der Waals surface area (Å²) < 4.78 is 5.70. The molecule has 0 radical (unpaired) electrons. The lowest BCUT2D eigenvalue weighted by atomic mass is 10.3. The van der Waals surface area contributed by atoms with Crippen molar-refractivity contribution in [3.05, 3.63) is 48.8 Å². The minimum absolute atomic E-state index is 0.825. The molecule has 0 bridgehead atoms. The van der Waals surface area contributed by atoms with E-state index in [0.717, 1.165) is 11.4 Å². The van der Waals surface area contributed by atoms with Gasteiger partial charge in [0.15, 0.2) is 0 Å². The van der Waals surface area contributed by atoms with Gasteiger partial charge in [-0.2, -0.15) is 4.36 Å². The number of hydrogen-bond donors (Lipinski definition) is 0. The first-order valence-corrected chi connectivity index (χ1v) is 4.33. The Kier molecular flexibility index (Phi) is 2.19. The van der Waals surface area contributed by atoms with Crippen molar-refractivity contribution in [2.75, 3.05) is 0 Å². The van der Waals surface area contributed by atoms with Crippen LogP contribution in [0.5, 0.6) is 0 Å². The van der Waals surface area contributed by atoms with Crippen LogP contribution < -0.4 is 0 Å². The fourth-order valence-electron chi connectivity index (χ4n) is 1.19. The van der Waals surface area contributed by atoms with Crippen molar-refractivity contribution in [1.82, 2.24) is 4.57 Å². The maximum absolute atomic E-state index is 4.58. The van der Waals surface area contributed by atoms with E-state index in [0.29, 0.717) is 0 Å². The molecule has 2 rings (SSSR count). The van der Waals surface area contributed by atoms with Crippen LogP contribution in [0.25, 0.3) is 5.69 Å². The molecule has 0 atom stereocenters. The number of hydrogen-bond acceptors (Lipinski definition) is 2. The largest absolute Gasteiger partial charge is 0.324 e. The number of aromatic nitrogens is 1. The predicted octanol–water partition coefficient (Wildman–Crippen LogP) is 2.84. The SMILES string of the molecule is S=Nc1ccc(-n2cccc2)cc1. The van der Waals surface area contributed by atoms with Crippen molar-refractivity contribution in [1.29, 1.82) is 0 Å². The van der Waals surface area contributed by atoms with E-state index in [4.69, 9.17) is 0 Å². The Morgan fingerprint density at radius 2 is 1.62 bits per heavy atom. The number of rotatable bonds is 2. The van der Waals surface area contributed by atoms with Gasteiger partial charge in [-0.25, -0.2) is 0 Å². The van der Waals surface area contributed by atoms with Crippen LogP contribution in [0, 0.1) is 0 Å². The van der Waals surface area contributed by atoms with Crippen molar-refractivity contribution in [3.8, 4) is 5.69 Å². The van der Waals surface area contributed by atoms with E-state index in [1.54, 1.807) is 0 Å². The van der Waals surface area contributed by atoms with Gasteiger partial charge in [0.2, 0.25) is 0 Å². The van der Waals surface area contributed by atoms with Crippen LogP contribution >= 0.6 is 0 Å². The van der Waals surface area contributed by atoms with Crippen LogP contribution in [0.4, 0.5) is 5.69 Å². The Morgan fingerprint density at radius 1 is 1.00 bits per heavy atom. The summed E-state index contributed by atoms with van der Waals surface area (Å²) in [5.41, 5.74) is 1.94. The molecule has 1 heterocycles. The van der Waals surface area contributed by atoms with Crippen LogP contribution in [0.3, 0.4) is 0 Å². The second-order valence-corrected chi connectivity index (χ2v) is 2.88.